The maximum absolute atomic E-state index is 11.1. The highest BCUT2D eigenvalue weighted by Gasteiger charge is 2.34. The van der Waals surface area contributed by atoms with Gasteiger partial charge in [-0.1, -0.05) is 36.8 Å². The molecule has 120 valence electrons. The molecule has 0 spiro atoms. The Morgan fingerprint density at radius 1 is 1.23 bits per heavy atom. The van der Waals surface area contributed by atoms with Crippen LogP contribution in [-0.2, 0) is 11.3 Å². The number of benzene rings is 1. The third kappa shape index (κ3) is 4.08. The van der Waals surface area contributed by atoms with Gasteiger partial charge >= 0.3 is 5.97 Å². The molecular formula is C18H26N2O2. The Morgan fingerprint density at radius 3 is 2.64 bits per heavy atom. The number of piperidine rings is 1. The van der Waals surface area contributed by atoms with E-state index in [9.17, 15) is 4.79 Å². The zero-order valence-electron chi connectivity index (χ0n) is 13.1. The maximum atomic E-state index is 11.1. The van der Waals surface area contributed by atoms with Crippen LogP contribution in [0.4, 0.5) is 0 Å². The first-order chi connectivity index (χ1) is 10.7. The predicted molar refractivity (Wildman–Crippen MR) is 86.6 cm³/mol. The van der Waals surface area contributed by atoms with E-state index in [1.54, 1.807) is 0 Å². The summed E-state index contributed by atoms with van der Waals surface area (Å²) in [5, 5.41) is 12.8. The third-order valence-corrected chi connectivity index (χ3v) is 5.06. The van der Waals surface area contributed by atoms with E-state index < -0.39 is 5.97 Å². The lowest BCUT2D eigenvalue weighted by molar-refractivity contribution is -0.138. The molecule has 0 aromatic heterocycles. The van der Waals surface area contributed by atoms with Gasteiger partial charge in [-0.15, -0.1) is 0 Å². The quantitative estimate of drug-likeness (QED) is 0.848. The van der Waals surface area contributed by atoms with Crippen LogP contribution < -0.4 is 5.32 Å². The van der Waals surface area contributed by atoms with Crippen molar-refractivity contribution >= 4 is 5.97 Å². The molecule has 2 unspecified atom stereocenters. The van der Waals surface area contributed by atoms with Gasteiger partial charge in [0.25, 0.3) is 0 Å². The molecule has 1 aliphatic heterocycles. The molecule has 22 heavy (non-hydrogen) atoms. The second-order valence-corrected chi connectivity index (χ2v) is 6.80. The number of nitrogens with one attached hydrogen (secondary N) is 1. The molecule has 1 heterocycles. The van der Waals surface area contributed by atoms with E-state index in [4.69, 9.17) is 5.11 Å². The Kier molecular flexibility index (Phi) is 5.11. The SMILES string of the molecule is O=C(O)CC1CC(NCc2ccccc2)CN(C2CCC2)C1. The van der Waals surface area contributed by atoms with Crippen LogP contribution >= 0.6 is 0 Å². The van der Waals surface area contributed by atoms with E-state index in [1.807, 2.05) is 6.07 Å². The number of hydrogen-bond donors (Lipinski definition) is 2. The molecule has 0 amide bonds. The first-order valence-electron chi connectivity index (χ1n) is 8.44. The molecule has 1 aromatic carbocycles. The number of hydrogen-bond acceptors (Lipinski definition) is 3. The maximum Gasteiger partial charge on any atom is 0.303 e. The van der Waals surface area contributed by atoms with Gasteiger partial charge in [-0.2, -0.15) is 0 Å². The summed E-state index contributed by atoms with van der Waals surface area (Å²) in [6.07, 6.45) is 5.17. The number of carboxylic acid groups (broad SMARTS) is 1. The molecule has 0 radical (unpaired) electrons. The topological polar surface area (TPSA) is 52.6 Å². The Bertz CT molecular complexity index is 487. The van der Waals surface area contributed by atoms with Crippen molar-refractivity contribution in [2.24, 2.45) is 5.92 Å². The number of rotatable bonds is 6. The van der Waals surface area contributed by atoms with Crippen LogP contribution in [0, 0.1) is 5.92 Å². The Balaban J connectivity index is 1.57. The molecule has 1 aromatic rings. The minimum Gasteiger partial charge on any atom is -0.481 e. The number of carbonyl (C=O) groups is 1. The van der Waals surface area contributed by atoms with Crippen molar-refractivity contribution in [3.8, 4) is 0 Å². The van der Waals surface area contributed by atoms with Crippen LogP contribution in [0.2, 0.25) is 0 Å². The van der Waals surface area contributed by atoms with Crippen LogP contribution in [-0.4, -0.2) is 41.1 Å². The van der Waals surface area contributed by atoms with Crippen LogP contribution in [0.5, 0.6) is 0 Å². The van der Waals surface area contributed by atoms with Crippen molar-refractivity contribution in [2.45, 2.75) is 50.7 Å². The molecule has 1 aliphatic carbocycles. The van der Waals surface area contributed by atoms with E-state index in [0.29, 0.717) is 18.5 Å². The first kappa shape index (κ1) is 15.5. The number of aliphatic carboxylic acids is 1. The minimum atomic E-state index is -0.665. The van der Waals surface area contributed by atoms with Gasteiger partial charge in [0.1, 0.15) is 0 Å². The van der Waals surface area contributed by atoms with Gasteiger partial charge in [0.15, 0.2) is 0 Å². The summed E-state index contributed by atoms with van der Waals surface area (Å²) in [7, 11) is 0. The fourth-order valence-electron chi connectivity index (χ4n) is 3.69. The molecule has 2 N–H and O–H groups in total. The van der Waals surface area contributed by atoms with Crippen molar-refractivity contribution in [2.75, 3.05) is 13.1 Å². The lowest BCUT2D eigenvalue weighted by Crippen LogP contribution is -2.54. The summed E-state index contributed by atoms with van der Waals surface area (Å²) in [5.41, 5.74) is 1.29. The van der Waals surface area contributed by atoms with Crippen molar-refractivity contribution < 1.29 is 9.90 Å². The fraction of sp³-hybridized carbons (Fsp3) is 0.611. The summed E-state index contributed by atoms with van der Waals surface area (Å²) < 4.78 is 0. The van der Waals surface area contributed by atoms with Gasteiger partial charge in [0.05, 0.1) is 0 Å². The molecule has 2 fully saturated rings. The molecule has 0 bridgehead atoms. The molecule has 2 aliphatic rings. The van der Waals surface area contributed by atoms with Crippen molar-refractivity contribution in [3.05, 3.63) is 35.9 Å². The summed E-state index contributed by atoms with van der Waals surface area (Å²) in [6.45, 7) is 2.89. The summed E-state index contributed by atoms with van der Waals surface area (Å²) in [6, 6.07) is 11.5. The first-order valence-corrected chi connectivity index (χ1v) is 8.44. The largest absolute Gasteiger partial charge is 0.481 e. The van der Waals surface area contributed by atoms with Crippen LogP contribution in [0.25, 0.3) is 0 Å². The minimum absolute atomic E-state index is 0.278. The Morgan fingerprint density at radius 2 is 2.00 bits per heavy atom. The van der Waals surface area contributed by atoms with Crippen LogP contribution in [0.3, 0.4) is 0 Å². The monoisotopic (exact) mass is 302 g/mol. The number of nitrogens with zero attached hydrogens (tertiary/aromatic N) is 1. The predicted octanol–water partition coefficient (Wildman–Crippen LogP) is 2.49. The van der Waals surface area contributed by atoms with Gasteiger partial charge in [-0.05, 0) is 30.7 Å². The van der Waals surface area contributed by atoms with Crippen molar-refractivity contribution in [1.29, 1.82) is 0 Å². The van der Waals surface area contributed by atoms with Gasteiger partial charge in [-0.25, -0.2) is 0 Å². The lowest BCUT2D eigenvalue weighted by Gasteiger charge is -2.45. The zero-order chi connectivity index (χ0) is 15.4. The fourth-order valence-corrected chi connectivity index (χ4v) is 3.69. The number of carboxylic acids is 1. The smallest absolute Gasteiger partial charge is 0.303 e. The highest BCUT2D eigenvalue weighted by atomic mass is 16.4. The van der Waals surface area contributed by atoms with E-state index in [2.05, 4.69) is 34.5 Å². The second-order valence-electron chi connectivity index (χ2n) is 6.80. The van der Waals surface area contributed by atoms with Gasteiger partial charge in [-0.3, -0.25) is 9.69 Å². The van der Waals surface area contributed by atoms with Gasteiger partial charge < -0.3 is 10.4 Å². The Labute approximate surface area is 132 Å². The third-order valence-electron chi connectivity index (χ3n) is 5.06. The zero-order valence-corrected chi connectivity index (χ0v) is 13.1. The summed E-state index contributed by atoms with van der Waals surface area (Å²) in [5.74, 6) is -0.387. The highest BCUT2D eigenvalue weighted by molar-refractivity contribution is 5.67. The van der Waals surface area contributed by atoms with Crippen molar-refractivity contribution in [1.82, 2.24) is 10.2 Å². The van der Waals surface area contributed by atoms with Crippen molar-refractivity contribution in [3.63, 3.8) is 0 Å². The molecule has 3 rings (SSSR count). The molecule has 1 saturated carbocycles. The van der Waals surface area contributed by atoms with Gasteiger partial charge in [0.2, 0.25) is 0 Å². The average Bonchev–Trinajstić information content (AvgIpc) is 2.43. The van der Waals surface area contributed by atoms with E-state index in [1.165, 1.54) is 24.8 Å². The highest BCUT2D eigenvalue weighted by Crippen LogP contribution is 2.30. The lowest BCUT2D eigenvalue weighted by atomic mass is 9.85. The average molecular weight is 302 g/mol. The second kappa shape index (κ2) is 7.25. The van der Waals surface area contributed by atoms with Crippen LogP contribution in [0.1, 0.15) is 37.7 Å². The van der Waals surface area contributed by atoms with Crippen LogP contribution in [0.15, 0.2) is 30.3 Å². The van der Waals surface area contributed by atoms with E-state index in [-0.39, 0.29) is 5.92 Å². The standard InChI is InChI=1S/C18H26N2O2/c21-18(22)10-15-9-16(13-20(12-15)17-7-4-8-17)19-11-14-5-2-1-3-6-14/h1-3,5-6,15-17,19H,4,7-13H2,(H,21,22). The Hall–Kier alpha value is -1.39. The van der Waals surface area contributed by atoms with Gasteiger partial charge in [0, 0.05) is 38.1 Å². The summed E-state index contributed by atoms with van der Waals surface area (Å²) >= 11 is 0. The summed E-state index contributed by atoms with van der Waals surface area (Å²) in [4.78, 5) is 13.6. The van der Waals surface area contributed by atoms with E-state index >= 15 is 0 Å². The van der Waals surface area contributed by atoms with E-state index in [0.717, 1.165) is 26.1 Å². The number of likely N-dealkylation sites (tertiary alicyclic amines) is 1. The molecule has 4 nitrogen and oxygen atoms in total. The molecule has 1 saturated heterocycles. The molecule has 2 atom stereocenters. The molecular weight excluding hydrogens is 276 g/mol. The molecule has 4 heteroatoms. The normalized spacial score (nSPS) is 26.5.